The summed E-state index contributed by atoms with van der Waals surface area (Å²) in [5.74, 6) is 0. The molecule has 1 heterocycles. The van der Waals surface area contributed by atoms with Gasteiger partial charge in [-0.15, -0.1) is 0 Å². The van der Waals surface area contributed by atoms with Crippen LogP contribution in [0.3, 0.4) is 0 Å². The molecular weight excluding hydrogens is 298 g/mol. The van der Waals surface area contributed by atoms with Crippen molar-refractivity contribution in [3.05, 3.63) is 23.2 Å². The van der Waals surface area contributed by atoms with E-state index in [4.69, 9.17) is 20.9 Å². The van der Waals surface area contributed by atoms with Crippen molar-refractivity contribution in [2.75, 3.05) is 6.26 Å². The van der Waals surface area contributed by atoms with E-state index >= 15 is 0 Å². The fourth-order valence-electron chi connectivity index (χ4n) is 1.99. The highest BCUT2D eigenvalue weighted by Crippen LogP contribution is 2.37. The van der Waals surface area contributed by atoms with Crippen molar-refractivity contribution >= 4 is 34.0 Å². The van der Waals surface area contributed by atoms with E-state index in [2.05, 4.69) is 0 Å². The maximum atomic E-state index is 11.9. The van der Waals surface area contributed by atoms with Crippen LogP contribution in [-0.2, 0) is 19.1 Å². The van der Waals surface area contributed by atoms with Crippen LogP contribution in [0.1, 0.15) is 27.7 Å². The predicted molar refractivity (Wildman–Crippen MR) is 80.3 cm³/mol. The fourth-order valence-corrected chi connectivity index (χ4v) is 3.16. The molecule has 0 bridgehead atoms. The summed E-state index contributed by atoms with van der Waals surface area (Å²) < 4.78 is 35.6. The molecule has 0 unspecified atom stereocenters. The van der Waals surface area contributed by atoms with E-state index in [1.165, 1.54) is 6.07 Å². The Labute approximate surface area is 125 Å². The number of sulfone groups is 1. The Balaban J connectivity index is 2.51. The molecule has 0 aliphatic carbocycles. The van der Waals surface area contributed by atoms with E-state index in [1.54, 1.807) is 12.1 Å². The van der Waals surface area contributed by atoms with E-state index in [0.29, 0.717) is 10.5 Å². The van der Waals surface area contributed by atoms with Crippen LogP contribution in [0.5, 0.6) is 0 Å². The number of halogens is 1. The van der Waals surface area contributed by atoms with Crippen LogP contribution in [-0.4, -0.2) is 33.0 Å². The van der Waals surface area contributed by atoms with Gasteiger partial charge in [-0.2, -0.15) is 0 Å². The largest absolute Gasteiger partial charge is 0.496 e. The minimum absolute atomic E-state index is 0.142. The monoisotopic (exact) mass is 316 g/mol. The second-order valence-corrected chi connectivity index (χ2v) is 8.46. The molecule has 1 aliphatic rings. The summed E-state index contributed by atoms with van der Waals surface area (Å²) in [4.78, 5) is 0.142. The zero-order chi connectivity index (χ0) is 15.3. The SMILES string of the molecule is CC1(C)OB(c2ccc(Cl)cc2S(C)(=O)=O)OC1(C)C. The second-order valence-electron chi connectivity index (χ2n) is 6.04. The Hall–Kier alpha value is -0.555. The van der Waals surface area contributed by atoms with Gasteiger partial charge in [0.05, 0.1) is 16.1 Å². The van der Waals surface area contributed by atoms with E-state index in [-0.39, 0.29) is 4.90 Å². The van der Waals surface area contributed by atoms with E-state index in [1.807, 2.05) is 27.7 Å². The van der Waals surface area contributed by atoms with Gasteiger partial charge in [0.1, 0.15) is 0 Å². The van der Waals surface area contributed by atoms with Crippen molar-refractivity contribution in [3.8, 4) is 0 Å². The van der Waals surface area contributed by atoms with Crippen LogP contribution < -0.4 is 5.46 Å². The molecule has 110 valence electrons. The van der Waals surface area contributed by atoms with Gasteiger partial charge in [0.2, 0.25) is 0 Å². The number of hydrogen-bond donors (Lipinski definition) is 0. The minimum atomic E-state index is -3.41. The van der Waals surface area contributed by atoms with Crippen LogP contribution >= 0.6 is 11.6 Å². The molecule has 1 fully saturated rings. The van der Waals surface area contributed by atoms with Crippen molar-refractivity contribution in [2.24, 2.45) is 0 Å². The number of hydrogen-bond acceptors (Lipinski definition) is 4. The summed E-state index contributed by atoms with van der Waals surface area (Å²) >= 11 is 5.90. The lowest BCUT2D eigenvalue weighted by Gasteiger charge is -2.32. The van der Waals surface area contributed by atoms with Crippen molar-refractivity contribution < 1.29 is 17.7 Å². The van der Waals surface area contributed by atoms with Gasteiger partial charge in [0.25, 0.3) is 0 Å². The Morgan fingerprint density at radius 2 is 1.60 bits per heavy atom. The van der Waals surface area contributed by atoms with Gasteiger partial charge < -0.3 is 9.31 Å². The van der Waals surface area contributed by atoms with Gasteiger partial charge in [0, 0.05) is 16.7 Å². The van der Waals surface area contributed by atoms with Gasteiger partial charge in [-0.05, 0) is 39.8 Å². The molecule has 0 radical (unpaired) electrons. The number of benzene rings is 1. The molecule has 0 spiro atoms. The molecule has 4 nitrogen and oxygen atoms in total. The summed E-state index contributed by atoms with van der Waals surface area (Å²) in [7, 11) is -4.13. The predicted octanol–water partition coefficient (Wildman–Crippen LogP) is 2.04. The average Bonchev–Trinajstić information content (AvgIpc) is 2.46. The van der Waals surface area contributed by atoms with Gasteiger partial charge in [-0.1, -0.05) is 17.7 Å². The maximum Gasteiger partial charge on any atom is 0.496 e. The molecule has 1 aliphatic heterocycles. The Morgan fingerprint density at radius 3 is 2.05 bits per heavy atom. The summed E-state index contributed by atoms with van der Waals surface area (Å²) in [6.07, 6.45) is 1.15. The zero-order valence-corrected chi connectivity index (χ0v) is 13.8. The molecule has 7 heteroatoms. The summed E-state index contributed by atoms with van der Waals surface area (Å²) in [6, 6.07) is 4.70. The highest BCUT2D eigenvalue weighted by Gasteiger charge is 2.52. The lowest BCUT2D eigenvalue weighted by Crippen LogP contribution is -2.41. The molecule has 0 aromatic heterocycles. The molecule has 1 aromatic rings. The maximum absolute atomic E-state index is 11.9. The van der Waals surface area contributed by atoms with Crippen molar-refractivity contribution in [2.45, 2.75) is 43.8 Å². The highest BCUT2D eigenvalue weighted by molar-refractivity contribution is 7.91. The second kappa shape index (κ2) is 4.73. The third kappa shape index (κ3) is 2.75. The van der Waals surface area contributed by atoms with Crippen LogP contribution in [0.25, 0.3) is 0 Å². The van der Waals surface area contributed by atoms with Crippen molar-refractivity contribution in [1.82, 2.24) is 0 Å². The smallest absolute Gasteiger partial charge is 0.399 e. The lowest BCUT2D eigenvalue weighted by atomic mass is 9.79. The third-order valence-corrected chi connectivity index (χ3v) is 5.27. The average molecular weight is 317 g/mol. The summed E-state index contributed by atoms with van der Waals surface area (Å²) in [6.45, 7) is 7.68. The number of rotatable bonds is 2. The lowest BCUT2D eigenvalue weighted by molar-refractivity contribution is 0.00578. The van der Waals surface area contributed by atoms with E-state index in [0.717, 1.165) is 6.26 Å². The van der Waals surface area contributed by atoms with Crippen LogP contribution in [0.4, 0.5) is 0 Å². The standard InChI is InChI=1S/C13H18BClO4S/c1-12(2)13(3,4)19-14(18-12)10-7-6-9(15)8-11(10)20(5,16)17/h6-8H,1-5H3. The van der Waals surface area contributed by atoms with Gasteiger partial charge in [-0.25, -0.2) is 8.42 Å². The summed E-state index contributed by atoms with van der Waals surface area (Å²) in [5.41, 5.74) is -0.562. The normalized spacial score (nSPS) is 21.2. The van der Waals surface area contributed by atoms with E-state index in [9.17, 15) is 8.42 Å². The van der Waals surface area contributed by atoms with Crippen LogP contribution in [0.2, 0.25) is 5.02 Å². The molecule has 2 rings (SSSR count). The Bertz CT molecular complexity index is 624. The zero-order valence-electron chi connectivity index (χ0n) is 12.2. The van der Waals surface area contributed by atoms with Crippen molar-refractivity contribution in [3.63, 3.8) is 0 Å². The van der Waals surface area contributed by atoms with Crippen LogP contribution in [0, 0.1) is 0 Å². The van der Waals surface area contributed by atoms with Gasteiger partial charge in [-0.3, -0.25) is 0 Å². The first-order chi connectivity index (χ1) is 8.94. The first-order valence-corrected chi connectivity index (χ1v) is 8.56. The van der Waals surface area contributed by atoms with Crippen molar-refractivity contribution in [1.29, 1.82) is 0 Å². The van der Waals surface area contributed by atoms with Gasteiger partial charge in [0.15, 0.2) is 9.84 Å². The first-order valence-electron chi connectivity index (χ1n) is 6.29. The quantitative estimate of drug-likeness (QED) is 0.784. The molecule has 1 saturated heterocycles. The molecule has 1 aromatic carbocycles. The van der Waals surface area contributed by atoms with Crippen LogP contribution in [0.15, 0.2) is 23.1 Å². The highest BCUT2D eigenvalue weighted by atomic mass is 35.5. The summed E-state index contributed by atoms with van der Waals surface area (Å²) in [5, 5.41) is 0.366. The van der Waals surface area contributed by atoms with E-state index < -0.39 is 28.2 Å². The molecule has 20 heavy (non-hydrogen) atoms. The minimum Gasteiger partial charge on any atom is -0.399 e. The Kier molecular flexibility index (Phi) is 3.74. The third-order valence-electron chi connectivity index (χ3n) is 3.88. The molecule has 0 N–H and O–H groups in total. The topological polar surface area (TPSA) is 52.6 Å². The Morgan fingerprint density at radius 1 is 1.10 bits per heavy atom. The first kappa shape index (κ1) is 15.8. The molecule has 0 amide bonds. The fraction of sp³-hybridized carbons (Fsp3) is 0.538. The van der Waals surface area contributed by atoms with Gasteiger partial charge >= 0.3 is 7.12 Å². The molecule has 0 atom stereocenters. The molecule has 0 saturated carbocycles. The molecular formula is C13H18BClO4S.